The molecule has 4 heterocycles. The molecule has 2 aromatic heterocycles. The molecule has 2 aliphatic heterocycles. The number of anilines is 2. The number of rotatable bonds is 5. The van der Waals surface area contributed by atoms with Crippen LogP contribution in [0, 0.1) is 0 Å². The van der Waals surface area contributed by atoms with E-state index in [2.05, 4.69) is 41.8 Å². The van der Waals surface area contributed by atoms with Crippen LogP contribution in [0.4, 0.5) is 11.4 Å². The molecule has 31 heavy (non-hydrogen) atoms. The molecule has 3 aromatic rings. The molecule has 0 saturated carbocycles. The van der Waals surface area contributed by atoms with Crippen LogP contribution < -0.4 is 10.2 Å². The van der Waals surface area contributed by atoms with E-state index >= 15 is 0 Å². The molecule has 7 heteroatoms. The number of likely N-dealkylation sites (tertiary alicyclic amines) is 1. The largest absolute Gasteiger partial charge is 0.372 e. The summed E-state index contributed by atoms with van der Waals surface area (Å²) in [7, 11) is 0. The Morgan fingerprint density at radius 1 is 0.935 bits per heavy atom. The van der Waals surface area contributed by atoms with E-state index in [1.165, 1.54) is 24.9 Å². The van der Waals surface area contributed by atoms with Crippen LogP contribution in [-0.4, -0.2) is 58.1 Å². The molecule has 0 aliphatic carbocycles. The van der Waals surface area contributed by atoms with E-state index in [0.717, 1.165) is 56.2 Å². The maximum Gasteiger partial charge on any atom is 0.238 e. The number of hydrogen-bond donors (Lipinski definition) is 1. The molecule has 5 rings (SSSR count). The predicted molar refractivity (Wildman–Crippen MR) is 123 cm³/mol. The van der Waals surface area contributed by atoms with Crippen molar-refractivity contribution in [1.29, 1.82) is 0 Å². The third kappa shape index (κ3) is 4.56. The lowest BCUT2D eigenvalue weighted by atomic mass is 9.96. The smallest absolute Gasteiger partial charge is 0.238 e. The Labute approximate surface area is 183 Å². The standard InChI is InChI=1S/C24H30N6O/c31-23(25-20-7-9-21(10-8-20)29-13-3-1-4-14-29)18-28-16-11-19(12-17-28)24-27-26-22-6-2-5-15-30(22)24/h2,5-10,15,19H,1,3-4,11-14,16-18H2,(H,25,31). The highest BCUT2D eigenvalue weighted by molar-refractivity contribution is 5.92. The number of pyridine rings is 1. The van der Waals surface area contributed by atoms with E-state index in [1.54, 1.807) is 0 Å². The minimum atomic E-state index is 0.0529. The van der Waals surface area contributed by atoms with Crippen molar-refractivity contribution < 1.29 is 4.79 Å². The fourth-order valence-electron chi connectivity index (χ4n) is 4.80. The number of benzene rings is 1. The van der Waals surface area contributed by atoms with E-state index in [4.69, 9.17) is 0 Å². The second-order valence-electron chi connectivity index (χ2n) is 8.68. The lowest BCUT2D eigenvalue weighted by molar-refractivity contribution is -0.117. The van der Waals surface area contributed by atoms with Gasteiger partial charge in [-0.3, -0.25) is 14.1 Å². The SMILES string of the molecule is O=C(CN1CCC(c2nnc3ccccn23)CC1)Nc1ccc(N2CCCCC2)cc1. The lowest BCUT2D eigenvalue weighted by Crippen LogP contribution is -2.39. The zero-order valence-corrected chi connectivity index (χ0v) is 17.9. The quantitative estimate of drug-likeness (QED) is 0.687. The van der Waals surface area contributed by atoms with Gasteiger partial charge in [0.1, 0.15) is 5.82 Å². The highest BCUT2D eigenvalue weighted by Gasteiger charge is 2.25. The molecule has 7 nitrogen and oxygen atoms in total. The van der Waals surface area contributed by atoms with Crippen molar-refractivity contribution in [3.05, 3.63) is 54.5 Å². The van der Waals surface area contributed by atoms with Crippen molar-refractivity contribution in [2.75, 3.05) is 42.9 Å². The monoisotopic (exact) mass is 418 g/mol. The summed E-state index contributed by atoms with van der Waals surface area (Å²) in [5, 5.41) is 11.7. The molecule has 1 N–H and O–H groups in total. The summed E-state index contributed by atoms with van der Waals surface area (Å²) in [5.74, 6) is 1.48. The van der Waals surface area contributed by atoms with Crippen LogP contribution in [0.1, 0.15) is 43.8 Å². The molecular weight excluding hydrogens is 388 g/mol. The number of fused-ring (bicyclic) bond motifs is 1. The van der Waals surface area contributed by atoms with Gasteiger partial charge in [0, 0.05) is 36.6 Å². The van der Waals surface area contributed by atoms with Gasteiger partial charge in [0.2, 0.25) is 5.91 Å². The molecule has 2 aliphatic rings. The second kappa shape index (κ2) is 9.06. The zero-order chi connectivity index (χ0) is 21.0. The Morgan fingerprint density at radius 3 is 2.48 bits per heavy atom. The van der Waals surface area contributed by atoms with Gasteiger partial charge in [-0.1, -0.05) is 6.07 Å². The molecule has 0 unspecified atom stereocenters. The first-order valence-corrected chi connectivity index (χ1v) is 11.4. The minimum absolute atomic E-state index is 0.0529. The highest BCUT2D eigenvalue weighted by Crippen LogP contribution is 2.27. The molecular formula is C24H30N6O. The number of piperidine rings is 2. The number of carbonyl (C=O) groups is 1. The van der Waals surface area contributed by atoms with Gasteiger partial charge in [-0.15, -0.1) is 10.2 Å². The summed E-state index contributed by atoms with van der Waals surface area (Å²) in [6.45, 7) is 4.49. The van der Waals surface area contributed by atoms with Crippen LogP contribution in [0.15, 0.2) is 48.7 Å². The number of amides is 1. The Kier molecular flexibility index (Phi) is 5.84. The lowest BCUT2D eigenvalue weighted by Gasteiger charge is -2.30. The average molecular weight is 419 g/mol. The van der Waals surface area contributed by atoms with Gasteiger partial charge in [-0.05, 0) is 81.6 Å². The molecule has 0 bridgehead atoms. The van der Waals surface area contributed by atoms with E-state index in [-0.39, 0.29) is 5.91 Å². The van der Waals surface area contributed by atoms with Crippen molar-refractivity contribution in [2.24, 2.45) is 0 Å². The summed E-state index contributed by atoms with van der Waals surface area (Å²) >= 11 is 0. The van der Waals surface area contributed by atoms with Crippen LogP contribution >= 0.6 is 0 Å². The van der Waals surface area contributed by atoms with Crippen molar-refractivity contribution in [1.82, 2.24) is 19.5 Å². The van der Waals surface area contributed by atoms with Crippen LogP contribution in [0.25, 0.3) is 5.65 Å². The third-order valence-corrected chi connectivity index (χ3v) is 6.53. The fourth-order valence-corrected chi connectivity index (χ4v) is 4.80. The van der Waals surface area contributed by atoms with Crippen LogP contribution in [0.5, 0.6) is 0 Å². The first-order chi connectivity index (χ1) is 15.3. The first kappa shape index (κ1) is 20.0. The summed E-state index contributed by atoms with van der Waals surface area (Å²) in [6.07, 6.45) is 7.88. The van der Waals surface area contributed by atoms with Gasteiger partial charge in [0.05, 0.1) is 6.54 Å². The van der Waals surface area contributed by atoms with Gasteiger partial charge < -0.3 is 10.2 Å². The number of nitrogens with zero attached hydrogens (tertiary/aromatic N) is 5. The molecule has 1 amide bonds. The highest BCUT2D eigenvalue weighted by atomic mass is 16.2. The molecule has 0 spiro atoms. The summed E-state index contributed by atoms with van der Waals surface area (Å²) in [6, 6.07) is 14.3. The molecule has 162 valence electrons. The first-order valence-electron chi connectivity index (χ1n) is 11.4. The van der Waals surface area contributed by atoms with E-state index in [1.807, 2.05) is 36.5 Å². The van der Waals surface area contributed by atoms with Gasteiger partial charge >= 0.3 is 0 Å². The Morgan fingerprint density at radius 2 is 1.71 bits per heavy atom. The van der Waals surface area contributed by atoms with Gasteiger partial charge in [-0.2, -0.15) is 0 Å². The number of carbonyl (C=O) groups excluding carboxylic acids is 1. The van der Waals surface area contributed by atoms with Gasteiger partial charge in [-0.25, -0.2) is 0 Å². The number of aromatic nitrogens is 3. The van der Waals surface area contributed by atoms with E-state index in [9.17, 15) is 4.79 Å². The molecule has 0 radical (unpaired) electrons. The van der Waals surface area contributed by atoms with Crippen LogP contribution in [0.3, 0.4) is 0 Å². The Hall–Kier alpha value is -2.93. The van der Waals surface area contributed by atoms with E-state index < -0.39 is 0 Å². The normalized spacial score (nSPS) is 18.4. The summed E-state index contributed by atoms with van der Waals surface area (Å²) < 4.78 is 2.08. The minimum Gasteiger partial charge on any atom is -0.372 e. The molecule has 2 fully saturated rings. The van der Waals surface area contributed by atoms with Gasteiger partial charge in [0.25, 0.3) is 0 Å². The average Bonchev–Trinajstić information content (AvgIpc) is 3.25. The zero-order valence-electron chi connectivity index (χ0n) is 17.9. The second-order valence-corrected chi connectivity index (χ2v) is 8.68. The van der Waals surface area contributed by atoms with Crippen molar-refractivity contribution in [2.45, 2.75) is 38.0 Å². The Bertz CT molecular complexity index is 1020. The topological polar surface area (TPSA) is 65.8 Å². The molecule has 0 atom stereocenters. The van der Waals surface area contributed by atoms with Crippen molar-refractivity contribution in [3.8, 4) is 0 Å². The van der Waals surface area contributed by atoms with Crippen LogP contribution in [-0.2, 0) is 4.79 Å². The van der Waals surface area contributed by atoms with Crippen LogP contribution in [0.2, 0.25) is 0 Å². The number of nitrogens with one attached hydrogen (secondary N) is 1. The maximum absolute atomic E-state index is 12.6. The Balaban J connectivity index is 1.11. The third-order valence-electron chi connectivity index (χ3n) is 6.53. The maximum atomic E-state index is 12.6. The van der Waals surface area contributed by atoms with E-state index in [0.29, 0.717) is 12.5 Å². The number of hydrogen-bond acceptors (Lipinski definition) is 5. The van der Waals surface area contributed by atoms with Gasteiger partial charge in [0.15, 0.2) is 5.65 Å². The fraction of sp³-hybridized carbons (Fsp3) is 0.458. The van der Waals surface area contributed by atoms with Crippen molar-refractivity contribution in [3.63, 3.8) is 0 Å². The van der Waals surface area contributed by atoms with Crippen molar-refractivity contribution >= 4 is 22.9 Å². The molecule has 2 saturated heterocycles. The molecule has 1 aromatic carbocycles. The predicted octanol–water partition coefficient (Wildman–Crippen LogP) is 3.54. The summed E-state index contributed by atoms with van der Waals surface area (Å²) in [5.41, 5.74) is 3.02. The summed E-state index contributed by atoms with van der Waals surface area (Å²) in [4.78, 5) is 17.2.